The van der Waals surface area contributed by atoms with Crippen LogP contribution in [0.5, 0.6) is 0 Å². The van der Waals surface area contributed by atoms with Crippen molar-refractivity contribution in [1.82, 2.24) is 4.90 Å². The predicted octanol–water partition coefficient (Wildman–Crippen LogP) is 2.02. The van der Waals surface area contributed by atoms with E-state index < -0.39 is 0 Å². The highest BCUT2D eigenvalue weighted by molar-refractivity contribution is 7.99. The molecule has 4 nitrogen and oxygen atoms in total. The molecular formula is C15H28N2O2S. The highest BCUT2D eigenvalue weighted by atomic mass is 32.2. The number of rotatable bonds is 6. The van der Waals surface area contributed by atoms with Crippen molar-refractivity contribution >= 4 is 17.7 Å². The van der Waals surface area contributed by atoms with Gasteiger partial charge >= 0.3 is 0 Å². The van der Waals surface area contributed by atoms with Gasteiger partial charge in [0, 0.05) is 37.4 Å². The number of ether oxygens (including phenoxy) is 1. The summed E-state index contributed by atoms with van der Waals surface area (Å²) in [6.07, 6.45) is 7.21. The molecule has 1 aliphatic carbocycles. The van der Waals surface area contributed by atoms with Gasteiger partial charge in [0.2, 0.25) is 5.91 Å². The quantitative estimate of drug-likeness (QED) is 0.815. The first-order valence-corrected chi connectivity index (χ1v) is 8.95. The van der Waals surface area contributed by atoms with Crippen LogP contribution in [0.4, 0.5) is 0 Å². The van der Waals surface area contributed by atoms with Crippen LogP contribution in [-0.4, -0.2) is 54.2 Å². The average Bonchev–Trinajstić information content (AvgIpc) is 2.93. The lowest BCUT2D eigenvalue weighted by molar-refractivity contribution is -0.135. The summed E-state index contributed by atoms with van der Waals surface area (Å²) >= 11 is 1.94. The van der Waals surface area contributed by atoms with Crippen LogP contribution in [0, 0.1) is 0 Å². The van der Waals surface area contributed by atoms with Gasteiger partial charge in [0.05, 0.1) is 6.61 Å². The van der Waals surface area contributed by atoms with Crippen LogP contribution < -0.4 is 5.73 Å². The average molecular weight is 300 g/mol. The Labute approximate surface area is 126 Å². The lowest BCUT2D eigenvalue weighted by atomic mass is 9.80. The van der Waals surface area contributed by atoms with Gasteiger partial charge in [0.25, 0.3) is 0 Å². The molecule has 0 bridgehead atoms. The molecule has 5 heteroatoms. The molecule has 1 unspecified atom stereocenters. The molecule has 1 saturated carbocycles. The zero-order valence-electron chi connectivity index (χ0n) is 12.6. The molecule has 1 heterocycles. The van der Waals surface area contributed by atoms with E-state index in [1.54, 1.807) is 7.11 Å². The number of thioether (sulfide) groups is 1. The van der Waals surface area contributed by atoms with Gasteiger partial charge in [-0.2, -0.15) is 11.8 Å². The van der Waals surface area contributed by atoms with Gasteiger partial charge in [0.15, 0.2) is 0 Å². The second kappa shape index (κ2) is 7.66. The molecule has 0 radical (unpaired) electrons. The number of methoxy groups -OCH3 is 1. The first kappa shape index (κ1) is 16.1. The summed E-state index contributed by atoms with van der Waals surface area (Å²) in [5, 5.41) is 0. The van der Waals surface area contributed by atoms with Crippen molar-refractivity contribution in [1.29, 1.82) is 0 Å². The maximum absolute atomic E-state index is 12.7. The highest BCUT2D eigenvalue weighted by Crippen LogP contribution is 2.30. The molecule has 1 amide bonds. The van der Waals surface area contributed by atoms with E-state index in [2.05, 4.69) is 0 Å². The first-order valence-electron chi connectivity index (χ1n) is 7.80. The van der Waals surface area contributed by atoms with Gasteiger partial charge in [-0.3, -0.25) is 4.79 Å². The zero-order chi connectivity index (χ0) is 14.4. The summed E-state index contributed by atoms with van der Waals surface area (Å²) in [6.45, 7) is 1.32. The van der Waals surface area contributed by atoms with E-state index in [-0.39, 0.29) is 11.4 Å². The van der Waals surface area contributed by atoms with Crippen molar-refractivity contribution in [3.63, 3.8) is 0 Å². The third kappa shape index (κ3) is 4.37. The zero-order valence-corrected chi connectivity index (χ0v) is 13.4. The first-order chi connectivity index (χ1) is 9.64. The van der Waals surface area contributed by atoms with Gasteiger partial charge in [-0.1, -0.05) is 19.3 Å². The monoisotopic (exact) mass is 300 g/mol. The molecule has 0 spiro atoms. The molecular weight excluding hydrogens is 272 g/mol. The number of amides is 1. The lowest BCUT2D eigenvalue weighted by Gasteiger charge is -2.36. The normalized spacial score (nSPS) is 25.6. The van der Waals surface area contributed by atoms with Crippen LogP contribution in [0.3, 0.4) is 0 Å². The van der Waals surface area contributed by atoms with Gasteiger partial charge in [0.1, 0.15) is 0 Å². The third-order valence-corrected chi connectivity index (χ3v) is 5.70. The van der Waals surface area contributed by atoms with Crippen molar-refractivity contribution in [3.05, 3.63) is 0 Å². The van der Waals surface area contributed by atoms with Gasteiger partial charge in [-0.15, -0.1) is 0 Å². The van der Waals surface area contributed by atoms with Crippen LogP contribution in [-0.2, 0) is 9.53 Å². The molecule has 116 valence electrons. The number of carbonyl (C=O) groups is 1. The Morgan fingerprint density at radius 1 is 1.40 bits per heavy atom. The van der Waals surface area contributed by atoms with Crippen molar-refractivity contribution in [3.8, 4) is 0 Å². The maximum Gasteiger partial charge on any atom is 0.224 e. The molecule has 2 rings (SSSR count). The van der Waals surface area contributed by atoms with Crippen LogP contribution in [0.2, 0.25) is 0 Å². The summed E-state index contributed by atoms with van der Waals surface area (Å²) in [4.78, 5) is 14.7. The van der Waals surface area contributed by atoms with Gasteiger partial charge in [-0.25, -0.2) is 0 Å². The maximum atomic E-state index is 12.7. The molecule has 20 heavy (non-hydrogen) atoms. The smallest absolute Gasteiger partial charge is 0.224 e. The minimum absolute atomic E-state index is 0.235. The summed E-state index contributed by atoms with van der Waals surface area (Å²) in [6, 6.07) is 0.384. The van der Waals surface area contributed by atoms with Gasteiger partial charge in [-0.05, 0) is 25.0 Å². The SMILES string of the molecule is COCCN(C(=O)CC1(N)CCCCC1)C1CCSC1. The lowest BCUT2D eigenvalue weighted by Crippen LogP contribution is -2.50. The molecule has 1 aliphatic heterocycles. The fourth-order valence-electron chi connectivity index (χ4n) is 3.30. The molecule has 2 N–H and O–H groups in total. The van der Waals surface area contributed by atoms with Crippen molar-refractivity contribution in [2.24, 2.45) is 5.73 Å². The summed E-state index contributed by atoms with van der Waals surface area (Å²) in [5.41, 5.74) is 6.18. The number of nitrogens with two attached hydrogens (primary N) is 1. The Hall–Kier alpha value is -0.260. The Morgan fingerprint density at radius 3 is 2.75 bits per heavy atom. The highest BCUT2D eigenvalue weighted by Gasteiger charge is 2.34. The Balaban J connectivity index is 1.94. The number of hydrogen-bond acceptors (Lipinski definition) is 4. The number of hydrogen-bond donors (Lipinski definition) is 1. The topological polar surface area (TPSA) is 55.6 Å². The summed E-state index contributed by atoms with van der Waals surface area (Å²) < 4.78 is 5.17. The van der Waals surface area contributed by atoms with Crippen LogP contribution in [0.15, 0.2) is 0 Å². The van der Waals surface area contributed by atoms with E-state index in [9.17, 15) is 4.79 Å². The second-order valence-electron chi connectivity index (χ2n) is 6.20. The Bertz CT molecular complexity index is 313. The number of carbonyl (C=O) groups excluding carboxylic acids is 1. The molecule has 0 aromatic heterocycles. The van der Waals surface area contributed by atoms with Gasteiger partial charge < -0.3 is 15.4 Å². The van der Waals surface area contributed by atoms with Crippen molar-refractivity contribution in [2.75, 3.05) is 31.8 Å². The molecule has 2 fully saturated rings. The van der Waals surface area contributed by atoms with E-state index in [1.807, 2.05) is 16.7 Å². The number of nitrogens with zero attached hydrogens (tertiary/aromatic N) is 1. The van der Waals surface area contributed by atoms with E-state index in [0.717, 1.165) is 30.8 Å². The van der Waals surface area contributed by atoms with E-state index in [4.69, 9.17) is 10.5 Å². The molecule has 1 saturated heterocycles. The fourth-order valence-corrected chi connectivity index (χ4v) is 4.53. The molecule has 0 aromatic carbocycles. The largest absolute Gasteiger partial charge is 0.383 e. The predicted molar refractivity (Wildman–Crippen MR) is 83.9 cm³/mol. The summed E-state index contributed by atoms with van der Waals surface area (Å²) in [5.74, 6) is 2.46. The van der Waals surface area contributed by atoms with Crippen molar-refractivity contribution in [2.45, 2.75) is 56.5 Å². The Morgan fingerprint density at radius 2 is 2.15 bits per heavy atom. The van der Waals surface area contributed by atoms with E-state index >= 15 is 0 Å². The minimum Gasteiger partial charge on any atom is -0.383 e. The molecule has 1 atom stereocenters. The fraction of sp³-hybridized carbons (Fsp3) is 0.933. The summed E-state index contributed by atoms with van der Waals surface area (Å²) in [7, 11) is 1.69. The van der Waals surface area contributed by atoms with Crippen molar-refractivity contribution < 1.29 is 9.53 Å². The molecule has 2 aliphatic rings. The van der Waals surface area contributed by atoms with E-state index in [1.165, 1.54) is 19.3 Å². The van der Waals surface area contributed by atoms with E-state index in [0.29, 0.717) is 25.6 Å². The second-order valence-corrected chi connectivity index (χ2v) is 7.35. The van der Waals surface area contributed by atoms with Crippen LogP contribution >= 0.6 is 11.8 Å². The standard InChI is InChI=1S/C15H28N2O2S/c1-19-9-8-17(13-5-10-20-12-13)14(18)11-15(16)6-3-2-4-7-15/h13H,2-12,16H2,1H3. The van der Waals surface area contributed by atoms with Crippen LogP contribution in [0.25, 0.3) is 0 Å². The molecule has 0 aromatic rings. The Kier molecular flexibility index (Phi) is 6.18. The third-order valence-electron chi connectivity index (χ3n) is 4.56. The van der Waals surface area contributed by atoms with Crippen LogP contribution in [0.1, 0.15) is 44.9 Å². The minimum atomic E-state index is -0.258.